The normalized spacial score (nSPS) is 28.5. The van der Waals surface area contributed by atoms with Gasteiger partial charge in [0.1, 0.15) is 30.1 Å². The van der Waals surface area contributed by atoms with Crippen molar-refractivity contribution in [3.05, 3.63) is 29.8 Å². The topological polar surface area (TPSA) is 189 Å². The number of carboxylic acid groups (broad SMARTS) is 1. The van der Waals surface area contributed by atoms with Gasteiger partial charge in [0.15, 0.2) is 5.72 Å². The number of aliphatic hydroxyl groups is 4. The van der Waals surface area contributed by atoms with E-state index >= 15 is 0 Å². The molecule has 0 unspecified atom stereocenters. The predicted octanol–water partition coefficient (Wildman–Crippen LogP) is -1.69. The molecule has 1 heterocycles. The molecule has 8 N–H and O–H groups in total. The third kappa shape index (κ3) is 5.94. The molecular weight excluding hydrogens is 424 g/mol. The Bertz CT molecular complexity index is 775. The van der Waals surface area contributed by atoms with Crippen LogP contribution in [-0.2, 0) is 20.7 Å². The van der Waals surface area contributed by atoms with Crippen molar-refractivity contribution in [2.75, 3.05) is 13.2 Å². The summed E-state index contributed by atoms with van der Waals surface area (Å²) >= 11 is 0. The summed E-state index contributed by atoms with van der Waals surface area (Å²) in [6, 6.07) is 3.53. The summed E-state index contributed by atoms with van der Waals surface area (Å²) in [5.41, 5.74) is -1.35. The van der Waals surface area contributed by atoms with E-state index in [9.17, 15) is 40.2 Å². The van der Waals surface area contributed by atoms with Crippen LogP contribution in [0.3, 0.4) is 0 Å². The number of ether oxygens (including phenoxy) is 1. The number of phenols is 1. The number of hydrogen-bond acceptors (Lipinski definition) is 9. The Morgan fingerprint density at radius 1 is 1.22 bits per heavy atom. The van der Waals surface area contributed by atoms with Crippen molar-refractivity contribution in [2.24, 2.45) is 5.92 Å². The van der Waals surface area contributed by atoms with E-state index in [2.05, 4.69) is 10.6 Å². The molecule has 0 saturated carbocycles. The number of aromatic hydroxyl groups is 1. The fourth-order valence-corrected chi connectivity index (χ4v) is 3.51. The lowest BCUT2D eigenvalue weighted by molar-refractivity contribution is -0.261. The van der Waals surface area contributed by atoms with Gasteiger partial charge in [-0.1, -0.05) is 32.4 Å². The van der Waals surface area contributed by atoms with Gasteiger partial charge in [-0.2, -0.15) is 0 Å². The molecule has 0 radical (unpaired) electrons. The SMILES string of the molecule is CC[C@H](C)[C@H](N[C@@]1(CO)OC[C@H](O)[C@H](O)[C@H]1O)C(=O)N[C@@H](Cc1ccc(O)cc1)C(=O)O. The second-order valence-corrected chi connectivity index (χ2v) is 8.14. The summed E-state index contributed by atoms with van der Waals surface area (Å²) in [5.74, 6) is -2.31. The maximum atomic E-state index is 13.1. The third-order valence-electron chi connectivity index (χ3n) is 5.83. The Balaban J connectivity index is 2.22. The lowest BCUT2D eigenvalue weighted by Crippen LogP contribution is -2.72. The number of nitrogens with one attached hydrogen (secondary N) is 2. The van der Waals surface area contributed by atoms with Gasteiger partial charge in [-0.25, -0.2) is 4.79 Å². The Morgan fingerprint density at radius 3 is 2.38 bits per heavy atom. The van der Waals surface area contributed by atoms with Gasteiger partial charge >= 0.3 is 5.97 Å². The number of carboxylic acids is 1. The minimum atomic E-state index is -1.93. The fraction of sp³-hybridized carbons (Fsp3) is 0.619. The first kappa shape index (κ1) is 26.0. The summed E-state index contributed by atoms with van der Waals surface area (Å²) in [6.45, 7) is 2.33. The summed E-state index contributed by atoms with van der Waals surface area (Å²) in [5, 5.41) is 64.3. The van der Waals surface area contributed by atoms with Gasteiger partial charge in [0.05, 0.1) is 19.3 Å². The van der Waals surface area contributed by atoms with Gasteiger partial charge in [-0.3, -0.25) is 10.1 Å². The molecule has 2 rings (SSSR count). The van der Waals surface area contributed by atoms with Gasteiger partial charge in [-0.05, 0) is 23.6 Å². The molecule has 11 nitrogen and oxygen atoms in total. The van der Waals surface area contributed by atoms with Crippen LogP contribution in [0.25, 0.3) is 0 Å². The Hall–Kier alpha value is -2.28. The molecule has 32 heavy (non-hydrogen) atoms. The zero-order valence-corrected chi connectivity index (χ0v) is 18.0. The molecule has 1 aromatic rings. The van der Waals surface area contributed by atoms with Crippen molar-refractivity contribution in [1.29, 1.82) is 0 Å². The van der Waals surface area contributed by atoms with Gasteiger partial charge in [0.25, 0.3) is 0 Å². The predicted molar refractivity (Wildman–Crippen MR) is 112 cm³/mol. The number of phenolic OH excluding ortho intramolecular Hbond substituents is 1. The van der Waals surface area contributed by atoms with Crippen LogP contribution in [0.2, 0.25) is 0 Å². The Morgan fingerprint density at radius 2 is 1.84 bits per heavy atom. The van der Waals surface area contributed by atoms with E-state index in [1.54, 1.807) is 26.0 Å². The molecule has 1 saturated heterocycles. The summed E-state index contributed by atoms with van der Waals surface area (Å²) in [4.78, 5) is 24.8. The van der Waals surface area contributed by atoms with Crippen LogP contribution in [0.1, 0.15) is 25.8 Å². The van der Waals surface area contributed by atoms with Crippen molar-refractivity contribution in [2.45, 2.75) is 62.8 Å². The first-order chi connectivity index (χ1) is 15.0. The number of benzene rings is 1. The molecule has 1 aliphatic rings. The van der Waals surface area contributed by atoms with E-state index in [0.29, 0.717) is 12.0 Å². The molecule has 0 aromatic heterocycles. The Labute approximate surface area is 185 Å². The average molecular weight is 456 g/mol. The number of hydrogen-bond donors (Lipinski definition) is 8. The molecule has 0 aliphatic carbocycles. The van der Waals surface area contributed by atoms with E-state index in [1.165, 1.54) is 12.1 Å². The number of aliphatic carboxylic acids is 1. The second kappa shape index (κ2) is 11.0. The van der Waals surface area contributed by atoms with Gasteiger partial charge in [0.2, 0.25) is 5.91 Å². The summed E-state index contributed by atoms with van der Waals surface area (Å²) in [7, 11) is 0. The van der Waals surface area contributed by atoms with Crippen molar-refractivity contribution >= 4 is 11.9 Å². The molecule has 1 aromatic carbocycles. The molecule has 1 amide bonds. The molecule has 7 atom stereocenters. The molecule has 180 valence electrons. The largest absolute Gasteiger partial charge is 0.508 e. The highest BCUT2D eigenvalue weighted by Crippen LogP contribution is 2.26. The quantitative estimate of drug-likeness (QED) is 0.202. The number of carbonyl (C=O) groups excluding carboxylic acids is 1. The van der Waals surface area contributed by atoms with E-state index in [4.69, 9.17) is 4.74 Å². The second-order valence-electron chi connectivity index (χ2n) is 8.14. The number of carbonyl (C=O) groups is 2. The van der Waals surface area contributed by atoms with Crippen molar-refractivity contribution in [3.8, 4) is 5.75 Å². The number of aliphatic hydroxyl groups excluding tert-OH is 4. The molecule has 1 aliphatic heterocycles. The maximum Gasteiger partial charge on any atom is 0.326 e. The molecular formula is C21H32N2O9. The van der Waals surface area contributed by atoms with Crippen LogP contribution in [0, 0.1) is 5.92 Å². The lowest BCUT2D eigenvalue weighted by Gasteiger charge is -2.46. The smallest absolute Gasteiger partial charge is 0.326 e. The van der Waals surface area contributed by atoms with Crippen LogP contribution in [0.5, 0.6) is 5.75 Å². The van der Waals surface area contributed by atoms with E-state index in [0.717, 1.165) is 0 Å². The fourth-order valence-electron chi connectivity index (χ4n) is 3.51. The number of amides is 1. The van der Waals surface area contributed by atoms with Gasteiger partial charge in [-0.15, -0.1) is 0 Å². The average Bonchev–Trinajstić information content (AvgIpc) is 2.77. The van der Waals surface area contributed by atoms with Crippen LogP contribution in [-0.4, -0.2) is 91.8 Å². The zero-order chi connectivity index (χ0) is 24.1. The molecule has 11 heteroatoms. The van der Waals surface area contributed by atoms with Crippen LogP contribution < -0.4 is 10.6 Å². The zero-order valence-electron chi connectivity index (χ0n) is 18.0. The van der Waals surface area contributed by atoms with Crippen molar-refractivity contribution in [1.82, 2.24) is 10.6 Å². The summed E-state index contributed by atoms with van der Waals surface area (Å²) in [6.07, 6.45) is -4.29. The highest BCUT2D eigenvalue weighted by atomic mass is 16.6. The Kier molecular flexibility index (Phi) is 8.96. The first-order valence-corrected chi connectivity index (χ1v) is 10.4. The number of rotatable bonds is 10. The van der Waals surface area contributed by atoms with Crippen LogP contribution >= 0.6 is 0 Å². The lowest BCUT2D eigenvalue weighted by atomic mass is 9.90. The van der Waals surface area contributed by atoms with E-state index in [1.807, 2.05) is 0 Å². The third-order valence-corrected chi connectivity index (χ3v) is 5.83. The highest BCUT2D eigenvalue weighted by Gasteiger charge is 2.51. The molecule has 0 bridgehead atoms. The highest BCUT2D eigenvalue weighted by molar-refractivity contribution is 5.87. The summed E-state index contributed by atoms with van der Waals surface area (Å²) < 4.78 is 5.40. The minimum Gasteiger partial charge on any atom is -0.508 e. The maximum absolute atomic E-state index is 13.1. The molecule has 1 fully saturated rings. The van der Waals surface area contributed by atoms with Crippen molar-refractivity contribution < 1.29 is 45.0 Å². The van der Waals surface area contributed by atoms with E-state index in [-0.39, 0.29) is 24.7 Å². The monoisotopic (exact) mass is 456 g/mol. The van der Waals surface area contributed by atoms with Gasteiger partial charge < -0.3 is 40.7 Å². The van der Waals surface area contributed by atoms with Crippen LogP contribution in [0.15, 0.2) is 24.3 Å². The standard InChI is InChI=1S/C21H32N2O9/c1-3-11(2)16(23-21(10-24)18(28)17(27)15(26)9-32-21)19(29)22-14(20(30)31)8-12-4-6-13(25)7-5-12/h4-7,11,14-18,23-28H,3,8-10H2,1-2H3,(H,22,29)(H,30,31)/t11-,14-,15-,16-,17-,18+,21-/m0/s1. The minimum absolute atomic E-state index is 0.0262. The van der Waals surface area contributed by atoms with Crippen molar-refractivity contribution in [3.63, 3.8) is 0 Å². The first-order valence-electron chi connectivity index (χ1n) is 10.4. The van der Waals surface area contributed by atoms with Crippen LogP contribution in [0.4, 0.5) is 0 Å². The molecule has 0 spiro atoms. The van der Waals surface area contributed by atoms with E-state index < -0.39 is 54.6 Å². The van der Waals surface area contributed by atoms with Gasteiger partial charge in [0, 0.05) is 6.42 Å².